The minimum atomic E-state index is -0.855. The number of allylic oxidation sites excluding steroid dienone is 7. The molecule has 0 saturated heterocycles. The molecule has 0 aliphatic carbocycles. The highest BCUT2D eigenvalue weighted by Crippen LogP contribution is 2.15. The first-order chi connectivity index (χ1) is 31.0. The fraction of sp³-hybridized carbons (Fsp3) is 0.825. The van der Waals surface area contributed by atoms with E-state index in [2.05, 4.69) is 55.6 Å². The zero-order chi connectivity index (χ0) is 45.8. The highest BCUT2D eigenvalue weighted by molar-refractivity contribution is 5.76. The Labute approximate surface area is 391 Å². The lowest BCUT2D eigenvalue weighted by Gasteiger charge is -2.20. The highest BCUT2D eigenvalue weighted by atomic mass is 16.5. The van der Waals surface area contributed by atoms with Gasteiger partial charge in [0.25, 0.3) is 0 Å². The van der Waals surface area contributed by atoms with Crippen molar-refractivity contribution in [3.8, 4) is 0 Å². The van der Waals surface area contributed by atoms with E-state index in [1.807, 2.05) is 6.08 Å². The molecule has 0 saturated carbocycles. The zero-order valence-corrected chi connectivity index (χ0v) is 41.8. The van der Waals surface area contributed by atoms with Crippen LogP contribution in [-0.2, 0) is 14.3 Å². The van der Waals surface area contributed by atoms with Gasteiger partial charge in [0.1, 0.15) is 0 Å². The van der Waals surface area contributed by atoms with E-state index in [-0.39, 0.29) is 18.5 Å². The molecule has 2 atom stereocenters. The quantitative estimate of drug-likeness (QED) is 0.0321. The maximum absolute atomic E-state index is 12.4. The van der Waals surface area contributed by atoms with Gasteiger partial charge in [-0.05, 0) is 96.3 Å². The molecule has 1 amide bonds. The summed E-state index contributed by atoms with van der Waals surface area (Å²) in [6.07, 6.45) is 65.5. The van der Waals surface area contributed by atoms with E-state index >= 15 is 0 Å². The monoisotopic (exact) mass is 884 g/mol. The van der Waals surface area contributed by atoms with Gasteiger partial charge in [-0.3, -0.25) is 9.59 Å². The van der Waals surface area contributed by atoms with E-state index in [0.29, 0.717) is 19.4 Å². The summed E-state index contributed by atoms with van der Waals surface area (Å²) in [6, 6.07) is -0.640. The van der Waals surface area contributed by atoms with Crippen molar-refractivity contribution in [1.29, 1.82) is 0 Å². The number of esters is 1. The Morgan fingerprint density at radius 2 is 0.794 bits per heavy atom. The molecule has 63 heavy (non-hydrogen) atoms. The Kier molecular flexibility index (Phi) is 50.6. The van der Waals surface area contributed by atoms with Crippen molar-refractivity contribution in [3.05, 3.63) is 48.6 Å². The lowest BCUT2D eigenvalue weighted by molar-refractivity contribution is -0.143. The maximum atomic E-state index is 12.4. The van der Waals surface area contributed by atoms with Gasteiger partial charge in [-0.2, -0.15) is 0 Å². The van der Waals surface area contributed by atoms with Gasteiger partial charge in [-0.1, -0.05) is 217 Å². The normalized spacial score (nSPS) is 13.0. The summed E-state index contributed by atoms with van der Waals surface area (Å²) >= 11 is 0. The van der Waals surface area contributed by atoms with Crippen LogP contribution < -0.4 is 5.32 Å². The minimum Gasteiger partial charge on any atom is -0.466 e. The van der Waals surface area contributed by atoms with Crippen LogP contribution in [0, 0.1) is 0 Å². The van der Waals surface area contributed by atoms with Crippen LogP contribution >= 0.6 is 0 Å². The molecule has 0 bridgehead atoms. The van der Waals surface area contributed by atoms with Crippen LogP contribution in [0.15, 0.2) is 48.6 Å². The molecule has 2 unspecified atom stereocenters. The van der Waals surface area contributed by atoms with Crippen molar-refractivity contribution in [3.63, 3.8) is 0 Å². The molecule has 368 valence electrons. The largest absolute Gasteiger partial charge is 0.466 e. The van der Waals surface area contributed by atoms with Gasteiger partial charge in [0.05, 0.1) is 25.4 Å². The number of carbonyl (C=O) groups excluding carboxylic acids is 2. The third-order valence-corrected chi connectivity index (χ3v) is 12.3. The van der Waals surface area contributed by atoms with Crippen LogP contribution in [0.1, 0.15) is 277 Å². The second kappa shape index (κ2) is 52.4. The summed E-state index contributed by atoms with van der Waals surface area (Å²) in [5, 5.41) is 23.0. The van der Waals surface area contributed by atoms with Gasteiger partial charge in [-0.25, -0.2) is 0 Å². The Hall–Kier alpha value is -2.18. The first-order valence-corrected chi connectivity index (χ1v) is 27.4. The molecule has 0 aromatic rings. The summed E-state index contributed by atoms with van der Waals surface area (Å²) in [5.74, 6) is -0.107. The molecular formula is C57H105NO5. The predicted molar refractivity (Wildman–Crippen MR) is 273 cm³/mol. The highest BCUT2D eigenvalue weighted by Gasteiger charge is 2.18. The van der Waals surface area contributed by atoms with Gasteiger partial charge in [0.15, 0.2) is 0 Å². The number of hydrogen-bond acceptors (Lipinski definition) is 5. The van der Waals surface area contributed by atoms with Crippen LogP contribution in [0.4, 0.5) is 0 Å². The fourth-order valence-corrected chi connectivity index (χ4v) is 8.07. The van der Waals surface area contributed by atoms with Gasteiger partial charge in [0, 0.05) is 12.8 Å². The average Bonchev–Trinajstić information content (AvgIpc) is 3.28. The van der Waals surface area contributed by atoms with Gasteiger partial charge in [0.2, 0.25) is 5.91 Å². The third-order valence-electron chi connectivity index (χ3n) is 12.3. The number of amides is 1. The lowest BCUT2D eigenvalue weighted by Crippen LogP contribution is -2.45. The number of aliphatic hydroxyl groups excluding tert-OH is 2. The molecule has 0 spiro atoms. The number of aliphatic hydroxyl groups is 2. The molecule has 0 fully saturated rings. The van der Waals surface area contributed by atoms with Gasteiger partial charge < -0.3 is 20.3 Å². The maximum Gasteiger partial charge on any atom is 0.305 e. The summed E-state index contributed by atoms with van der Waals surface area (Å²) in [7, 11) is 0. The summed E-state index contributed by atoms with van der Waals surface area (Å²) in [4.78, 5) is 24.5. The van der Waals surface area contributed by atoms with Crippen LogP contribution in [-0.4, -0.2) is 47.4 Å². The molecule has 0 aliphatic rings. The minimum absolute atomic E-state index is 0.0205. The molecule has 0 heterocycles. The van der Waals surface area contributed by atoms with E-state index in [1.165, 1.54) is 167 Å². The SMILES string of the molecule is CCCCCCCC/C=C\CCCCCCCCCC(=O)OCCCCC/C=C\C/C=C\CCCCCCCCCC(=O)NC(CO)C(O)/C=C/CCCCCCCCCCCC. The summed E-state index contributed by atoms with van der Waals surface area (Å²) in [6.45, 7) is 4.84. The second-order valence-electron chi connectivity index (χ2n) is 18.5. The first kappa shape index (κ1) is 60.8. The standard InChI is InChI=1S/C57H105NO5/c1-3-5-7-9-11-13-15-17-18-20-24-27-31-35-39-43-47-51-57(62)63-52-48-44-40-36-32-28-25-22-19-21-23-26-30-34-38-42-46-50-56(61)58-54(53-59)55(60)49-45-41-37-33-29-16-14-12-10-8-6-4-2/h17-19,22,28,32,45,49,54-55,59-60H,3-16,20-21,23-27,29-31,33-44,46-48,50-53H2,1-2H3,(H,58,61)/b18-17-,22-19-,32-28-,49-45+. The van der Waals surface area contributed by atoms with Crippen molar-refractivity contribution in [1.82, 2.24) is 5.32 Å². The van der Waals surface area contributed by atoms with E-state index in [9.17, 15) is 19.8 Å². The molecule has 6 heteroatoms. The lowest BCUT2D eigenvalue weighted by atomic mass is 10.1. The number of ether oxygens (including phenoxy) is 1. The number of unbranched alkanes of at least 4 members (excludes halogenated alkanes) is 33. The Balaban J connectivity index is 3.51. The molecular weight excluding hydrogens is 779 g/mol. The predicted octanol–water partition coefficient (Wildman–Crippen LogP) is 16.6. The van der Waals surface area contributed by atoms with E-state index in [4.69, 9.17) is 4.74 Å². The summed E-state index contributed by atoms with van der Waals surface area (Å²) < 4.78 is 5.45. The Bertz CT molecular complexity index is 1070. The van der Waals surface area contributed by atoms with E-state index < -0.39 is 12.1 Å². The van der Waals surface area contributed by atoms with Crippen molar-refractivity contribution in [2.45, 2.75) is 289 Å². The molecule has 0 aliphatic heterocycles. The molecule has 0 aromatic carbocycles. The molecule has 0 rings (SSSR count). The number of hydrogen-bond donors (Lipinski definition) is 3. The average molecular weight is 884 g/mol. The van der Waals surface area contributed by atoms with Gasteiger partial charge in [-0.15, -0.1) is 0 Å². The van der Waals surface area contributed by atoms with Crippen molar-refractivity contribution in [2.24, 2.45) is 0 Å². The smallest absolute Gasteiger partial charge is 0.305 e. The molecule has 0 aromatic heterocycles. The molecule has 3 N–H and O–H groups in total. The van der Waals surface area contributed by atoms with E-state index in [0.717, 1.165) is 83.5 Å². The van der Waals surface area contributed by atoms with Crippen LogP contribution in [0.5, 0.6) is 0 Å². The summed E-state index contributed by atoms with van der Waals surface area (Å²) in [5.41, 5.74) is 0. The first-order valence-electron chi connectivity index (χ1n) is 27.4. The number of nitrogens with one attached hydrogen (secondary N) is 1. The number of rotatable bonds is 50. The van der Waals surface area contributed by atoms with Crippen LogP contribution in [0.2, 0.25) is 0 Å². The Morgan fingerprint density at radius 3 is 1.22 bits per heavy atom. The molecule has 6 nitrogen and oxygen atoms in total. The second-order valence-corrected chi connectivity index (χ2v) is 18.5. The van der Waals surface area contributed by atoms with Crippen LogP contribution in [0.25, 0.3) is 0 Å². The van der Waals surface area contributed by atoms with Crippen molar-refractivity contribution in [2.75, 3.05) is 13.2 Å². The third kappa shape index (κ3) is 49.1. The van der Waals surface area contributed by atoms with E-state index in [1.54, 1.807) is 6.08 Å². The fourth-order valence-electron chi connectivity index (χ4n) is 8.07. The Morgan fingerprint density at radius 1 is 0.444 bits per heavy atom. The van der Waals surface area contributed by atoms with Gasteiger partial charge >= 0.3 is 5.97 Å². The van der Waals surface area contributed by atoms with Crippen LogP contribution in [0.3, 0.4) is 0 Å². The number of carbonyl (C=O) groups is 2. The van der Waals surface area contributed by atoms with Crippen molar-refractivity contribution < 1.29 is 24.5 Å². The topological polar surface area (TPSA) is 95.9 Å². The molecule has 0 radical (unpaired) electrons. The zero-order valence-electron chi connectivity index (χ0n) is 41.8. The van der Waals surface area contributed by atoms with Crippen molar-refractivity contribution >= 4 is 11.9 Å².